The lowest BCUT2D eigenvalue weighted by atomic mass is 9.96. The van der Waals surface area contributed by atoms with Gasteiger partial charge in [-0.2, -0.15) is 0 Å². The van der Waals surface area contributed by atoms with E-state index in [9.17, 15) is 74.4 Å². The first kappa shape index (κ1) is 67.9. The lowest BCUT2D eigenvalue weighted by molar-refractivity contribution is -0.870. The third kappa shape index (κ3) is 17.2. The van der Waals surface area contributed by atoms with Crippen LogP contribution >= 0.6 is 0 Å². The van der Waals surface area contributed by atoms with Crippen LogP contribution in [0.15, 0.2) is 97.1 Å². The highest BCUT2D eigenvalue weighted by atomic mass is 16.5. The van der Waals surface area contributed by atoms with E-state index >= 15 is 0 Å². The molecule has 88 heavy (non-hydrogen) atoms. The first-order chi connectivity index (χ1) is 41.6. The van der Waals surface area contributed by atoms with E-state index in [1.807, 2.05) is 69.7 Å². The highest BCUT2D eigenvalue weighted by Crippen LogP contribution is 2.30. The molecular formula is C63H85N8O17+. The number of likely N-dealkylation sites (N-methyl/N-ethyl adjacent to an activating group) is 1. The van der Waals surface area contributed by atoms with Crippen molar-refractivity contribution in [2.75, 3.05) is 54.0 Å². The quantitative estimate of drug-likeness (QED) is 0.0453. The molecule has 478 valence electrons. The molecular weight excluding hydrogens is 1140 g/mol. The van der Waals surface area contributed by atoms with Gasteiger partial charge < -0.3 is 91.2 Å². The fourth-order valence-electron chi connectivity index (χ4n) is 10.8. The van der Waals surface area contributed by atoms with Gasteiger partial charge >= 0.3 is 0 Å². The molecule has 0 aliphatic carbocycles. The molecule has 0 radical (unpaired) electrons. The lowest BCUT2D eigenvalue weighted by Crippen LogP contribution is -2.64. The molecule has 25 nitrogen and oxygen atoms in total. The molecule has 15 atom stereocenters. The number of hydrogen-bond donors (Lipinski definition) is 13. The number of aromatic hydroxyl groups is 1. The second-order valence-corrected chi connectivity index (χ2v) is 24.1. The summed E-state index contributed by atoms with van der Waals surface area (Å²) in [6, 6.07) is 15.3. The Hall–Kier alpha value is -7.59. The fraction of sp³-hybridized carbons (Fsp3) is 0.508. The van der Waals surface area contributed by atoms with Gasteiger partial charge in [-0.1, -0.05) is 87.4 Å². The summed E-state index contributed by atoms with van der Waals surface area (Å²) in [5.74, 6) is -8.24. The minimum atomic E-state index is -2.29. The predicted molar refractivity (Wildman–Crippen MR) is 320 cm³/mol. The Morgan fingerprint density at radius 3 is 1.74 bits per heavy atom. The molecule has 3 aliphatic heterocycles. The van der Waals surface area contributed by atoms with Crippen molar-refractivity contribution in [2.45, 2.75) is 145 Å². The molecule has 0 bridgehead atoms. The molecule has 3 aliphatic rings. The molecule has 0 saturated carbocycles. The highest BCUT2D eigenvalue weighted by Gasteiger charge is 2.50. The maximum Gasteiger partial charge on any atom is 0.251 e. The van der Waals surface area contributed by atoms with Gasteiger partial charge in [0.05, 0.1) is 58.8 Å². The summed E-state index contributed by atoms with van der Waals surface area (Å²) in [6.45, 7) is 5.80. The topological polar surface area (TPSA) is 366 Å². The van der Waals surface area contributed by atoms with E-state index in [1.165, 1.54) is 43.3 Å². The first-order valence-corrected chi connectivity index (χ1v) is 29.7. The number of nitrogens with one attached hydrogen (secondary N) is 5. The summed E-state index contributed by atoms with van der Waals surface area (Å²) in [6.07, 6.45) is -12.6. The van der Waals surface area contributed by atoms with E-state index in [2.05, 4.69) is 33.5 Å². The second-order valence-electron chi connectivity index (χ2n) is 24.1. The smallest absolute Gasteiger partial charge is 0.251 e. The van der Waals surface area contributed by atoms with Gasteiger partial charge in [-0.3, -0.25) is 33.6 Å². The van der Waals surface area contributed by atoms with Gasteiger partial charge in [-0.15, -0.1) is 0 Å². The van der Waals surface area contributed by atoms with Gasteiger partial charge in [-0.05, 0) is 84.5 Å². The molecule has 13 N–H and O–H groups in total. The number of fused-ring (bicyclic) bond motifs is 2. The summed E-state index contributed by atoms with van der Waals surface area (Å²) >= 11 is 0. The Bertz CT molecular complexity index is 3040. The van der Waals surface area contributed by atoms with Crippen LogP contribution in [0.4, 0.5) is 0 Å². The number of phenols is 1. The normalized spacial score (nSPS) is 26.7. The molecule has 7 rings (SSSR count). The molecule has 4 aromatic rings. The third-order valence-corrected chi connectivity index (χ3v) is 16.1. The zero-order valence-electron chi connectivity index (χ0n) is 50.6. The molecule has 3 heterocycles. The van der Waals surface area contributed by atoms with Crippen LogP contribution in [0, 0.1) is 5.92 Å². The monoisotopic (exact) mass is 1230 g/mol. The van der Waals surface area contributed by atoms with Crippen molar-refractivity contribution >= 4 is 41.4 Å². The number of nitrogens with zero attached hydrogens (tertiary/aromatic N) is 3. The minimum Gasteiger partial charge on any atom is -0.508 e. The van der Waals surface area contributed by atoms with Gasteiger partial charge in [0, 0.05) is 37.4 Å². The van der Waals surface area contributed by atoms with Gasteiger partial charge in [0.1, 0.15) is 72.6 Å². The van der Waals surface area contributed by atoms with Crippen LogP contribution in [0.1, 0.15) is 81.8 Å². The average Bonchev–Trinajstić information content (AvgIpc) is 2.08. The summed E-state index contributed by atoms with van der Waals surface area (Å²) in [7, 11) is 5.52. The predicted octanol–water partition coefficient (Wildman–Crippen LogP) is -0.197. The van der Waals surface area contributed by atoms with E-state index in [0.717, 1.165) is 70.9 Å². The van der Waals surface area contributed by atoms with Crippen LogP contribution in [0.25, 0.3) is 22.3 Å². The number of ether oxygens (including phenoxy) is 2. The third-order valence-electron chi connectivity index (χ3n) is 16.1. The number of aliphatic hydroxyl groups excluding tert-OH is 7. The first-order valence-electron chi connectivity index (χ1n) is 29.7. The number of unbranched alkanes of at least 4 members (excludes halogenated alkanes) is 2. The summed E-state index contributed by atoms with van der Waals surface area (Å²) < 4.78 is 12.3. The highest BCUT2D eigenvalue weighted by molar-refractivity contribution is 6.00. The van der Waals surface area contributed by atoms with Crippen molar-refractivity contribution in [1.82, 2.24) is 36.4 Å². The number of benzene rings is 4. The molecule has 25 heteroatoms. The molecule has 0 spiro atoms. The minimum absolute atomic E-state index is 0.0470. The van der Waals surface area contributed by atoms with E-state index in [4.69, 9.17) is 9.47 Å². The fourth-order valence-corrected chi connectivity index (χ4v) is 10.8. The van der Waals surface area contributed by atoms with Crippen molar-refractivity contribution in [2.24, 2.45) is 5.92 Å². The lowest BCUT2D eigenvalue weighted by Gasteiger charge is -2.34. The van der Waals surface area contributed by atoms with E-state index in [-0.39, 0.29) is 36.6 Å². The summed E-state index contributed by atoms with van der Waals surface area (Å²) in [4.78, 5) is 104. The van der Waals surface area contributed by atoms with Crippen molar-refractivity contribution in [1.29, 1.82) is 0 Å². The maximum atomic E-state index is 14.8. The Labute approximate surface area is 511 Å². The van der Waals surface area contributed by atoms with Crippen LogP contribution in [0.2, 0.25) is 0 Å². The maximum absolute atomic E-state index is 14.8. The standard InChI is InChI=1S/C63H84N8O17/c1-8-9-10-28-87-45-25-21-40(22-26-45)38-13-11-37(12-14-38)39-15-17-42(18-16-39)56(80)64-46-31-48(76)61(88-29-27-71(5,6)7)68-60(84)52-53(77)34(2)32-70(52)63(86)50(36(4)73)66-59(83)51(55(79)54(78)41-19-23-43(74)24-20-41)67-58(82)47-30-44(75)33-69(47)62(85)49(35(3)72)65-57(46)81/h11-26,34-36,44,46-55,61,72-73,75-79H,8-10,27-33H2,1-7H3,(H5-,64,65,66,67,68,74,80,81,82,83,84)/p+1/t34-,35+,36+,44+,46-,47-,48+,49-,50-,51?,52-,53-,54-,55-,61+/m0/s1. The number of phenolic OH excluding ortho intramolecular Hbond substituents is 1. The number of hydrogen-bond acceptors (Lipinski definition) is 17. The summed E-state index contributed by atoms with van der Waals surface area (Å²) in [5, 5.41) is 103. The number of rotatable bonds is 18. The molecule has 0 aromatic heterocycles. The largest absolute Gasteiger partial charge is 0.508 e. The molecule has 3 saturated heterocycles. The van der Waals surface area contributed by atoms with Crippen LogP contribution in [0.5, 0.6) is 11.5 Å². The molecule has 4 aromatic carbocycles. The van der Waals surface area contributed by atoms with Crippen molar-refractivity contribution in [3.8, 4) is 33.8 Å². The summed E-state index contributed by atoms with van der Waals surface area (Å²) in [5.41, 5.74) is 3.48. The molecule has 7 amide bonds. The number of amides is 7. The Morgan fingerprint density at radius 2 is 1.18 bits per heavy atom. The van der Waals surface area contributed by atoms with Gasteiger partial charge in [-0.25, -0.2) is 0 Å². The molecule has 3 fully saturated rings. The van der Waals surface area contributed by atoms with Crippen molar-refractivity contribution < 1.29 is 88.4 Å². The zero-order chi connectivity index (χ0) is 64.3. The van der Waals surface area contributed by atoms with Crippen LogP contribution in [-0.4, -0.2) is 230 Å². The number of quaternary nitrogens is 1. The van der Waals surface area contributed by atoms with E-state index in [0.29, 0.717) is 11.1 Å². The van der Waals surface area contributed by atoms with Crippen LogP contribution in [0.3, 0.4) is 0 Å². The van der Waals surface area contributed by atoms with Gasteiger partial charge in [0.25, 0.3) is 5.91 Å². The number of carbonyl (C=O) groups excluding carboxylic acids is 7. The Balaban J connectivity index is 1.23. The van der Waals surface area contributed by atoms with E-state index in [1.54, 1.807) is 12.1 Å². The van der Waals surface area contributed by atoms with Crippen LogP contribution in [-0.2, 0) is 33.5 Å². The molecule has 1 unspecified atom stereocenters. The van der Waals surface area contributed by atoms with Gasteiger partial charge in [0.15, 0.2) is 6.23 Å². The number of carbonyl (C=O) groups is 7. The average molecular weight is 1230 g/mol. The second kappa shape index (κ2) is 30.1. The zero-order valence-corrected chi connectivity index (χ0v) is 50.6. The van der Waals surface area contributed by atoms with E-state index < -0.39 is 152 Å². The SMILES string of the molecule is CCCCCOc1ccc(-c2ccc(-c3ccc(C(=O)N[C@H]4C[C@@H](O)[C@@H](OCC[N+](C)(C)C)NC(=O)[C@@H]5[C@@H](O)[C@@H](C)CN5C(=O)[C@H]([C@@H](C)O)NC(=O)C([C@H](O)[C@@H](O)c5ccc(O)cc5)NC(=O)[C@@H]5C[C@@H](O)CN5C(=O)[C@H]([C@@H](C)O)NC4=O)cc3)cc2)cc1. The number of aliphatic hydroxyl groups is 7. The Morgan fingerprint density at radius 1 is 0.648 bits per heavy atom. The van der Waals surface area contributed by atoms with Crippen LogP contribution < -0.4 is 31.3 Å². The Kier molecular flexibility index (Phi) is 23.2. The van der Waals surface area contributed by atoms with Crippen molar-refractivity contribution in [3.63, 3.8) is 0 Å². The van der Waals surface area contributed by atoms with Crippen molar-refractivity contribution in [3.05, 3.63) is 108 Å². The van der Waals surface area contributed by atoms with Gasteiger partial charge in [0.2, 0.25) is 35.4 Å².